The number of anilines is 1. The summed E-state index contributed by atoms with van der Waals surface area (Å²) in [5.74, 6) is 0.439. The van der Waals surface area contributed by atoms with Crippen molar-refractivity contribution in [1.29, 1.82) is 0 Å². The van der Waals surface area contributed by atoms with Gasteiger partial charge >= 0.3 is 0 Å². The second-order valence-corrected chi connectivity index (χ2v) is 7.51. The van der Waals surface area contributed by atoms with Crippen LogP contribution in [0.25, 0.3) is 0 Å². The number of rotatable bonds is 6. The monoisotopic (exact) mass is 410 g/mol. The third kappa shape index (κ3) is 5.51. The van der Waals surface area contributed by atoms with Gasteiger partial charge in [-0.1, -0.05) is 6.92 Å². The lowest BCUT2D eigenvalue weighted by Gasteiger charge is -2.38. The van der Waals surface area contributed by atoms with Crippen LogP contribution in [-0.4, -0.2) is 58.8 Å². The summed E-state index contributed by atoms with van der Waals surface area (Å²) in [7, 11) is 1.81. The average Bonchev–Trinajstić information content (AvgIpc) is 2.62. The molecule has 6 nitrogen and oxygen atoms in total. The van der Waals surface area contributed by atoms with Crippen LogP contribution < -0.4 is 5.32 Å². The SMILES string of the molecule is CCC1CCCCN1C(=O)C(C)N(C)CC(=O)Nc1ccc(Br)cn1. The highest BCUT2D eigenvalue weighted by atomic mass is 79.9. The zero-order valence-electron chi connectivity index (χ0n) is 15.2. The van der Waals surface area contributed by atoms with Gasteiger partial charge in [0.05, 0.1) is 12.6 Å². The molecule has 2 atom stereocenters. The van der Waals surface area contributed by atoms with Gasteiger partial charge in [-0.15, -0.1) is 0 Å². The van der Waals surface area contributed by atoms with Crippen LogP contribution in [0.15, 0.2) is 22.8 Å². The first-order valence-corrected chi connectivity index (χ1v) is 9.63. The Labute approximate surface area is 158 Å². The van der Waals surface area contributed by atoms with Gasteiger partial charge in [0.15, 0.2) is 0 Å². The Bertz CT molecular complexity index is 593. The van der Waals surface area contributed by atoms with Crippen LogP contribution in [0.1, 0.15) is 39.5 Å². The van der Waals surface area contributed by atoms with Crippen molar-refractivity contribution >= 4 is 33.6 Å². The van der Waals surface area contributed by atoms with E-state index in [9.17, 15) is 9.59 Å². The van der Waals surface area contributed by atoms with Crippen molar-refractivity contribution in [2.75, 3.05) is 25.5 Å². The fraction of sp³-hybridized carbons (Fsp3) is 0.611. The van der Waals surface area contributed by atoms with Crippen molar-refractivity contribution in [3.05, 3.63) is 22.8 Å². The van der Waals surface area contributed by atoms with Gasteiger partial charge < -0.3 is 10.2 Å². The van der Waals surface area contributed by atoms with E-state index in [1.807, 2.05) is 24.9 Å². The van der Waals surface area contributed by atoms with Gasteiger partial charge in [-0.2, -0.15) is 0 Å². The number of aromatic nitrogens is 1. The first-order valence-electron chi connectivity index (χ1n) is 8.84. The molecule has 25 heavy (non-hydrogen) atoms. The van der Waals surface area contributed by atoms with Crippen LogP contribution >= 0.6 is 15.9 Å². The molecule has 0 aliphatic carbocycles. The fourth-order valence-corrected chi connectivity index (χ4v) is 3.37. The predicted octanol–water partition coefficient (Wildman–Crippen LogP) is 2.89. The molecule has 2 rings (SSSR count). The van der Waals surface area contributed by atoms with Crippen LogP contribution in [0.3, 0.4) is 0 Å². The molecule has 0 spiro atoms. The van der Waals surface area contributed by atoms with E-state index in [4.69, 9.17) is 0 Å². The Hall–Kier alpha value is -1.47. The maximum atomic E-state index is 12.8. The number of amides is 2. The molecular formula is C18H27BrN4O2. The number of likely N-dealkylation sites (N-methyl/N-ethyl adjacent to an activating group) is 1. The number of nitrogens with one attached hydrogen (secondary N) is 1. The number of carbonyl (C=O) groups is 2. The Balaban J connectivity index is 1.89. The third-order valence-corrected chi connectivity index (χ3v) is 5.26. The number of likely N-dealkylation sites (tertiary alicyclic amines) is 1. The Morgan fingerprint density at radius 2 is 2.20 bits per heavy atom. The maximum Gasteiger partial charge on any atom is 0.239 e. The molecule has 2 amide bonds. The highest BCUT2D eigenvalue weighted by Gasteiger charge is 2.30. The summed E-state index contributed by atoms with van der Waals surface area (Å²) >= 11 is 3.31. The van der Waals surface area contributed by atoms with Crippen LogP contribution in [0, 0.1) is 0 Å². The van der Waals surface area contributed by atoms with Crippen molar-refractivity contribution in [3.8, 4) is 0 Å². The summed E-state index contributed by atoms with van der Waals surface area (Å²) < 4.78 is 0.855. The number of hydrogen-bond donors (Lipinski definition) is 1. The molecule has 7 heteroatoms. The van der Waals surface area contributed by atoms with Gasteiger partial charge in [0, 0.05) is 23.3 Å². The summed E-state index contributed by atoms with van der Waals surface area (Å²) in [5, 5.41) is 2.76. The lowest BCUT2D eigenvalue weighted by Crippen LogP contribution is -2.52. The lowest BCUT2D eigenvalue weighted by atomic mass is 9.99. The molecule has 0 aromatic carbocycles. The van der Waals surface area contributed by atoms with Gasteiger partial charge in [-0.25, -0.2) is 4.98 Å². The summed E-state index contributed by atoms with van der Waals surface area (Å²) in [5.41, 5.74) is 0. The summed E-state index contributed by atoms with van der Waals surface area (Å²) in [4.78, 5) is 32.9. The van der Waals surface area contributed by atoms with E-state index in [1.54, 1.807) is 17.2 Å². The van der Waals surface area contributed by atoms with Gasteiger partial charge in [0.25, 0.3) is 0 Å². The van der Waals surface area contributed by atoms with Crippen LogP contribution in [0.2, 0.25) is 0 Å². The van der Waals surface area contributed by atoms with E-state index in [1.165, 1.54) is 6.42 Å². The second-order valence-electron chi connectivity index (χ2n) is 6.59. The lowest BCUT2D eigenvalue weighted by molar-refractivity contribution is -0.140. The molecule has 1 aliphatic rings. The molecule has 0 radical (unpaired) electrons. The number of carbonyl (C=O) groups excluding carboxylic acids is 2. The highest BCUT2D eigenvalue weighted by molar-refractivity contribution is 9.10. The molecule has 1 fully saturated rings. The Morgan fingerprint density at radius 1 is 1.44 bits per heavy atom. The summed E-state index contributed by atoms with van der Waals surface area (Å²) in [6.07, 6.45) is 5.95. The number of halogens is 1. The molecule has 1 saturated heterocycles. The third-order valence-electron chi connectivity index (χ3n) is 4.79. The molecule has 1 N–H and O–H groups in total. The molecule has 1 aromatic heterocycles. The van der Waals surface area contributed by atoms with Gasteiger partial charge in [0.2, 0.25) is 11.8 Å². The highest BCUT2D eigenvalue weighted by Crippen LogP contribution is 2.21. The number of piperidine rings is 1. The minimum absolute atomic E-state index is 0.114. The summed E-state index contributed by atoms with van der Waals surface area (Å²) in [6, 6.07) is 3.56. The minimum atomic E-state index is -0.323. The molecule has 1 aromatic rings. The van der Waals surface area contributed by atoms with Crippen LogP contribution in [0.4, 0.5) is 5.82 Å². The Kier molecular flexibility index (Phi) is 7.38. The smallest absolute Gasteiger partial charge is 0.239 e. The molecule has 0 bridgehead atoms. The number of hydrogen-bond acceptors (Lipinski definition) is 4. The van der Waals surface area contributed by atoms with E-state index in [0.29, 0.717) is 11.9 Å². The van der Waals surface area contributed by atoms with Crippen molar-refractivity contribution in [3.63, 3.8) is 0 Å². The topological polar surface area (TPSA) is 65.5 Å². The molecular weight excluding hydrogens is 384 g/mol. The van der Waals surface area contributed by atoms with E-state index in [0.717, 1.165) is 30.3 Å². The zero-order chi connectivity index (χ0) is 18.4. The van der Waals surface area contributed by atoms with E-state index >= 15 is 0 Å². The van der Waals surface area contributed by atoms with Crippen molar-refractivity contribution < 1.29 is 9.59 Å². The van der Waals surface area contributed by atoms with Crippen molar-refractivity contribution in [2.45, 2.75) is 51.6 Å². The van der Waals surface area contributed by atoms with Crippen molar-refractivity contribution in [1.82, 2.24) is 14.8 Å². The largest absolute Gasteiger partial charge is 0.338 e. The minimum Gasteiger partial charge on any atom is -0.338 e. The first-order chi connectivity index (χ1) is 11.9. The molecule has 138 valence electrons. The van der Waals surface area contributed by atoms with Gasteiger partial charge in [0.1, 0.15) is 5.82 Å². The summed E-state index contributed by atoms with van der Waals surface area (Å²) in [6.45, 7) is 4.97. The van der Waals surface area contributed by atoms with Gasteiger partial charge in [-0.3, -0.25) is 14.5 Å². The van der Waals surface area contributed by atoms with E-state index in [-0.39, 0.29) is 24.4 Å². The average molecular weight is 411 g/mol. The van der Waals surface area contributed by atoms with Crippen LogP contribution in [-0.2, 0) is 9.59 Å². The number of nitrogens with zero attached hydrogens (tertiary/aromatic N) is 3. The quantitative estimate of drug-likeness (QED) is 0.782. The zero-order valence-corrected chi connectivity index (χ0v) is 16.8. The standard InChI is InChI=1S/C18H27BrN4O2/c1-4-15-7-5-6-10-23(15)18(25)13(2)22(3)12-17(24)21-16-9-8-14(19)11-20-16/h8-9,11,13,15H,4-7,10,12H2,1-3H3,(H,20,21,24). The van der Waals surface area contributed by atoms with E-state index in [2.05, 4.69) is 33.2 Å². The van der Waals surface area contributed by atoms with Gasteiger partial charge in [-0.05, 0) is 67.7 Å². The fourth-order valence-electron chi connectivity index (χ4n) is 3.14. The van der Waals surface area contributed by atoms with E-state index < -0.39 is 0 Å². The van der Waals surface area contributed by atoms with Crippen LogP contribution in [0.5, 0.6) is 0 Å². The Morgan fingerprint density at radius 3 is 2.84 bits per heavy atom. The second kappa shape index (κ2) is 9.29. The molecule has 2 unspecified atom stereocenters. The number of pyridine rings is 1. The first kappa shape index (κ1) is 19.8. The maximum absolute atomic E-state index is 12.8. The molecule has 1 aliphatic heterocycles. The molecule has 2 heterocycles. The predicted molar refractivity (Wildman–Crippen MR) is 102 cm³/mol. The molecule has 0 saturated carbocycles. The normalized spacial score (nSPS) is 18.9. The van der Waals surface area contributed by atoms with Crippen molar-refractivity contribution in [2.24, 2.45) is 0 Å².